The van der Waals surface area contributed by atoms with Crippen LogP contribution in [0.1, 0.15) is 11.1 Å². The third-order valence-corrected chi connectivity index (χ3v) is 5.65. The zero-order valence-corrected chi connectivity index (χ0v) is 18.7. The highest BCUT2D eigenvalue weighted by Crippen LogP contribution is 2.37. The molecule has 1 aliphatic heterocycles. The maximum absolute atomic E-state index is 13.2. The first-order chi connectivity index (χ1) is 14.1. The molecule has 0 spiro atoms. The molecule has 5 nitrogen and oxygen atoms in total. The Morgan fingerprint density at radius 2 is 2.03 bits per heavy atom. The van der Waals surface area contributed by atoms with Gasteiger partial charge in [0, 0.05) is 38.3 Å². The van der Waals surface area contributed by atoms with Gasteiger partial charge in [-0.2, -0.15) is 0 Å². The van der Waals surface area contributed by atoms with Crippen molar-refractivity contribution in [3.05, 3.63) is 56.8 Å². The number of nitrogens with zero attached hydrogens (tertiary/aromatic N) is 1. The van der Waals surface area contributed by atoms with Crippen molar-refractivity contribution < 1.29 is 18.6 Å². The lowest BCUT2D eigenvalue weighted by atomic mass is 10.2. The quantitative estimate of drug-likeness (QED) is 0.536. The van der Waals surface area contributed by atoms with Crippen molar-refractivity contribution in [2.45, 2.75) is 13.2 Å². The Labute approximate surface area is 184 Å². The van der Waals surface area contributed by atoms with Crippen LogP contribution in [0, 0.1) is 5.82 Å². The van der Waals surface area contributed by atoms with Crippen LogP contribution in [0.4, 0.5) is 4.39 Å². The van der Waals surface area contributed by atoms with Crippen molar-refractivity contribution in [3.63, 3.8) is 0 Å². The van der Waals surface area contributed by atoms with Crippen molar-refractivity contribution in [2.75, 3.05) is 46.5 Å². The van der Waals surface area contributed by atoms with Gasteiger partial charge in [-0.25, -0.2) is 4.39 Å². The van der Waals surface area contributed by atoms with E-state index in [1.807, 2.05) is 12.1 Å². The van der Waals surface area contributed by atoms with E-state index in [1.54, 1.807) is 13.2 Å². The summed E-state index contributed by atoms with van der Waals surface area (Å²) >= 11 is 9.65. The molecule has 0 radical (unpaired) electrons. The van der Waals surface area contributed by atoms with Crippen LogP contribution in [0.25, 0.3) is 0 Å². The third-order valence-electron chi connectivity index (χ3n) is 4.71. The molecular formula is C21H25BrClFN2O3. The number of nitrogens with one attached hydrogen (secondary N) is 1. The van der Waals surface area contributed by atoms with Crippen LogP contribution < -0.4 is 14.8 Å². The molecule has 29 heavy (non-hydrogen) atoms. The van der Waals surface area contributed by atoms with Gasteiger partial charge in [-0.3, -0.25) is 4.90 Å². The maximum Gasteiger partial charge on any atom is 0.175 e. The highest BCUT2D eigenvalue weighted by Gasteiger charge is 2.14. The first-order valence-electron chi connectivity index (χ1n) is 9.51. The van der Waals surface area contributed by atoms with E-state index in [9.17, 15) is 4.39 Å². The van der Waals surface area contributed by atoms with E-state index in [-0.39, 0.29) is 12.4 Å². The van der Waals surface area contributed by atoms with Crippen molar-refractivity contribution in [2.24, 2.45) is 0 Å². The second kappa shape index (κ2) is 11.1. The van der Waals surface area contributed by atoms with Crippen LogP contribution in [0.2, 0.25) is 5.02 Å². The molecule has 0 amide bonds. The molecule has 3 rings (SSSR count). The molecule has 0 aliphatic carbocycles. The van der Waals surface area contributed by atoms with E-state index in [2.05, 4.69) is 26.1 Å². The van der Waals surface area contributed by atoms with Gasteiger partial charge in [-0.1, -0.05) is 17.7 Å². The Morgan fingerprint density at radius 3 is 2.76 bits per heavy atom. The largest absolute Gasteiger partial charge is 0.493 e. The monoisotopic (exact) mass is 486 g/mol. The summed E-state index contributed by atoms with van der Waals surface area (Å²) < 4.78 is 30.8. The van der Waals surface area contributed by atoms with Crippen molar-refractivity contribution in [1.29, 1.82) is 0 Å². The topological polar surface area (TPSA) is 43.0 Å². The number of morpholine rings is 1. The Kier molecular flexibility index (Phi) is 8.56. The molecule has 8 heteroatoms. The number of rotatable bonds is 9. The van der Waals surface area contributed by atoms with Gasteiger partial charge in [0.25, 0.3) is 0 Å². The summed E-state index contributed by atoms with van der Waals surface area (Å²) in [6.07, 6.45) is 0. The molecule has 0 saturated carbocycles. The molecule has 0 unspecified atom stereocenters. The average molecular weight is 488 g/mol. The number of halogens is 3. The average Bonchev–Trinajstić information content (AvgIpc) is 2.72. The molecule has 2 aromatic rings. The number of hydrogen-bond acceptors (Lipinski definition) is 5. The van der Waals surface area contributed by atoms with Crippen LogP contribution in [0.5, 0.6) is 11.5 Å². The fourth-order valence-corrected chi connectivity index (χ4v) is 3.92. The van der Waals surface area contributed by atoms with Gasteiger partial charge >= 0.3 is 0 Å². The maximum atomic E-state index is 13.2. The summed E-state index contributed by atoms with van der Waals surface area (Å²) in [6, 6.07) is 8.21. The van der Waals surface area contributed by atoms with E-state index < -0.39 is 0 Å². The lowest BCUT2D eigenvalue weighted by Gasteiger charge is -2.26. The predicted molar refractivity (Wildman–Crippen MR) is 115 cm³/mol. The van der Waals surface area contributed by atoms with E-state index in [4.69, 9.17) is 25.8 Å². The molecule has 158 valence electrons. The van der Waals surface area contributed by atoms with Crippen LogP contribution in [-0.2, 0) is 17.9 Å². The fraction of sp³-hybridized carbons (Fsp3) is 0.429. The minimum atomic E-state index is -0.372. The molecule has 1 heterocycles. The lowest BCUT2D eigenvalue weighted by molar-refractivity contribution is 0.0384. The fourth-order valence-electron chi connectivity index (χ4n) is 3.10. The van der Waals surface area contributed by atoms with Gasteiger partial charge in [-0.05, 0) is 45.8 Å². The highest BCUT2D eigenvalue weighted by molar-refractivity contribution is 9.10. The zero-order chi connectivity index (χ0) is 20.6. The summed E-state index contributed by atoms with van der Waals surface area (Å²) in [5, 5.41) is 3.80. The van der Waals surface area contributed by atoms with Gasteiger partial charge < -0.3 is 19.5 Å². The van der Waals surface area contributed by atoms with Crippen LogP contribution in [0.3, 0.4) is 0 Å². The predicted octanol–water partition coefficient (Wildman–Crippen LogP) is 4.25. The Balaban J connectivity index is 1.56. The second-order valence-corrected chi connectivity index (χ2v) is 8.03. The van der Waals surface area contributed by atoms with Crippen LogP contribution in [0.15, 0.2) is 34.8 Å². The smallest absolute Gasteiger partial charge is 0.175 e. The Bertz CT molecular complexity index is 819. The molecule has 1 fully saturated rings. The second-order valence-electron chi connectivity index (χ2n) is 6.76. The molecule has 0 bridgehead atoms. The minimum absolute atomic E-state index is 0.214. The molecule has 1 N–H and O–H groups in total. The molecular weight excluding hydrogens is 463 g/mol. The number of methoxy groups -OCH3 is 1. The number of ether oxygens (including phenoxy) is 3. The van der Waals surface area contributed by atoms with Crippen molar-refractivity contribution in [3.8, 4) is 11.5 Å². The van der Waals surface area contributed by atoms with E-state index in [1.165, 1.54) is 12.1 Å². The summed E-state index contributed by atoms with van der Waals surface area (Å²) in [6.45, 7) is 6.46. The first kappa shape index (κ1) is 22.3. The SMILES string of the molecule is COc1cc(CNCCN2CCOCC2)cc(Br)c1OCc1ccc(F)cc1Cl. The lowest BCUT2D eigenvalue weighted by Crippen LogP contribution is -2.40. The van der Waals surface area contributed by atoms with Gasteiger partial charge in [-0.15, -0.1) is 0 Å². The molecule has 0 aromatic heterocycles. The summed E-state index contributed by atoms with van der Waals surface area (Å²) in [5.74, 6) is 0.843. The van der Waals surface area contributed by atoms with Crippen molar-refractivity contribution >= 4 is 27.5 Å². The summed E-state index contributed by atoms with van der Waals surface area (Å²) in [7, 11) is 1.61. The molecule has 1 saturated heterocycles. The Morgan fingerprint density at radius 1 is 1.24 bits per heavy atom. The standard InChI is InChI=1S/C21H25BrClFN2O3/c1-27-20-11-15(13-25-4-5-26-6-8-28-9-7-26)10-18(22)21(20)29-14-16-2-3-17(24)12-19(16)23/h2-3,10-12,25H,4-9,13-14H2,1H3. The molecule has 1 aliphatic rings. The Hall–Kier alpha value is -1.38. The highest BCUT2D eigenvalue weighted by atomic mass is 79.9. The summed E-state index contributed by atoms with van der Waals surface area (Å²) in [5.41, 5.74) is 1.79. The van der Waals surface area contributed by atoms with Gasteiger partial charge in [0.1, 0.15) is 12.4 Å². The first-order valence-corrected chi connectivity index (χ1v) is 10.7. The van der Waals surface area contributed by atoms with Crippen LogP contribution in [-0.4, -0.2) is 51.4 Å². The molecule has 2 aromatic carbocycles. The van der Waals surface area contributed by atoms with E-state index in [0.29, 0.717) is 22.1 Å². The van der Waals surface area contributed by atoms with Crippen LogP contribution >= 0.6 is 27.5 Å². The summed E-state index contributed by atoms with van der Waals surface area (Å²) in [4.78, 5) is 2.39. The normalized spacial score (nSPS) is 14.8. The number of hydrogen-bond donors (Lipinski definition) is 1. The van der Waals surface area contributed by atoms with Gasteiger partial charge in [0.2, 0.25) is 0 Å². The zero-order valence-electron chi connectivity index (χ0n) is 16.3. The van der Waals surface area contributed by atoms with E-state index >= 15 is 0 Å². The minimum Gasteiger partial charge on any atom is -0.493 e. The van der Waals surface area contributed by atoms with Gasteiger partial charge in [0.05, 0.1) is 29.8 Å². The molecule has 0 atom stereocenters. The van der Waals surface area contributed by atoms with E-state index in [0.717, 1.165) is 56.0 Å². The van der Waals surface area contributed by atoms with Gasteiger partial charge in [0.15, 0.2) is 11.5 Å². The third kappa shape index (κ3) is 6.55. The van der Waals surface area contributed by atoms with Crippen molar-refractivity contribution in [1.82, 2.24) is 10.2 Å². The number of benzene rings is 2.